The van der Waals surface area contributed by atoms with Crippen molar-refractivity contribution in [2.45, 2.75) is 13.0 Å². The Labute approximate surface area is 159 Å². The largest absolute Gasteiger partial charge is 1.00 e. The van der Waals surface area contributed by atoms with E-state index in [0.29, 0.717) is 11.3 Å². The number of benzene rings is 1. The van der Waals surface area contributed by atoms with E-state index in [0.717, 1.165) is 6.08 Å². The Bertz CT molecular complexity index is 498. The summed E-state index contributed by atoms with van der Waals surface area (Å²) < 4.78 is 4.43. The van der Waals surface area contributed by atoms with E-state index in [9.17, 15) is 14.7 Å². The molecule has 0 aromatic heterocycles. The van der Waals surface area contributed by atoms with Gasteiger partial charge < -0.3 is 25.1 Å². The van der Waals surface area contributed by atoms with Gasteiger partial charge in [-0.1, -0.05) is 12.1 Å². The minimum atomic E-state index is -1.34. The van der Waals surface area contributed by atoms with E-state index >= 15 is 0 Å². The molecule has 0 aliphatic rings. The number of ether oxygens (including phenoxy) is 1. The Hall–Kier alpha value is -0.864. The van der Waals surface area contributed by atoms with Crippen molar-refractivity contribution in [2.24, 2.45) is 0 Å². The van der Waals surface area contributed by atoms with Crippen LogP contribution in [0.5, 0.6) is 5.75 Å². The number of methoxy groups -OCH3 is 1. The molecule has 0 aliphatic heterocycles. The van der Waals surface area contributed by atoms with Crippen molar-refractivity contribution >= 4 is 11.9 Å². The Morgan fingerprint density at radius 1 is 1.35 bits per heavy atom. The Morgan fingerprint density at radius 3 is 2.35 bits per heavy atom. The van der Waals surface area contributed by atoms with Gasteiger partial charge in [0.25, 0.3) is 0 Å². The molecule has 1 aromatic rings. The topological polar surface area (TPSA) is 98.7 Å². The number of carbonyl (C=O) groups is 2. The number of nitrogens with one attached hydrogen (secondary N) is 1. The number of carbonyl (C=O) groups excluding carboxylic acids is 2. The van der Waals surface area contributed by atoms with E-state index < -0.39 is 18.0 Å². The number of phenolic OH excluding ortho intramolecular Hbond substituents is 1. The third-order valence-corrected chi connectivity index (χ3v) is 2.37. The monoisotopic (exact) mass is 303 g/mol. The molecule has 1 aromatic carbocycles. The molecule has 2 N–H and O–H groups in total. The molecule has 0 amide bonds. The van der Waals surface area contributed by atoms with Gasteiger partial charge in [-0.25, -0.2) is 4.79 Å². The number of carboxylic acids is 1. The average molecular weight is 303 g/mol. The van der Waals surface area contributed by atoms with Gasteiger partial charge in [0.1, 0.15) is 5.75 Å². The molecule has 7 heteroatoms. The predicted octanol–water partition coefficient (Wildman–Crippen LogP) is -3.15. The number of carboxylic acid groups (broad SMARTS) is 1. The first-order valence-corrected chi connectivity index (χ1v) is 5.46. The van der Waals surface area contributed by atoms with Gasteiger partial charge in [-0.05, 0) is 24.6 Å². The van der Waals surface area contributed by atoms with E-state index in [2.05, 4.69) is 10.1 Å². The molecule has 1 atom stereocenters. The Morgan fingerprint density at radius 2 is 1.90 bits per heavy atom. The maximum absolute atomic E-state index is 11.1. The zero-order chi connectivity index (χ0) is 14.4. The summed E-state index contributed by atoms with van der Waals surface area (Å²) in [4.78, 5) is 22.1. The predicted molar refractivity (Wildman–Crippen MR) is 64.8 cm³/mol. The zero-order valence-electron chi connectivity index (χ0n) is 11.5. The van der Waals surface area contributed by atoms with E-state index in [1.165, 1.54) is 38.3 Å². The van der Waals surface area contributed by atoms with Gasteiger partial charge in [0.15, 0.2) is 0 Å². The molecule has 0 radical (unpaired) electrons. The Balaban J connectivity index is 0.00000361. The summed E-state index contributed by atoms with van der Waals surface area (Å²) in [6.45, 7) is 1.53. The standard InChI is InChI=1S/C13H15NO5.K/c1-8(7-11(16)19-2)14-12(13(17)18)9-3-5-10(15)6-4-9;/h3-7,12,14-15H,1-2H3,(H,17,18);/q;+1/p-1. The minimum Gasteiger partial charge on any atom is -0.548 e. The van der Waals surface area contributed by atoms with Gasteiger partial charge in [0.05, 0.1) is 19.1 Å². The number of aromatic hydroxyl groups is 1. The van der Waals surface area contributed by atoms with Crippen LogP contribution < -0.4 is 61.8 Å². The zero-order valence-corrected chi connectivity index (χ0v) is 14.7. The van der Waals surface area contributed by atoms with Crippen LogP contribution in [0.3, 0.4) is 0 Å². The molecule has 0 spiro atoms. The first-order chi connectivity index (χ1) is 8.93. The summed E-state index contributed by atoms with van der Waals surface area (Å²) in [5.41, 5.74) is 0.726. The molecule has 0 saturated carbocycles. The van der Waals surface area contributed by atoms with Crippen molar-refractivity contribution in [1.29, 1.82) is 0 Å². The van der Waals surface area contributed by atoms with Crippen LogP contribution in [-0.4, -0.2) is 24.2 Å². The molecule has 0 heterocycles. The van der Waals surface area contributed by atoms with Crippen LogP contribution >= 0.6 is 0 Å². The second kappa shape index (κ2) is 9.14. The molecule has 20 heavy (non-hydrogen) atoms. The molecule has 102 valence electrons. The van der Waals surface area contributed by atoms with Crippen molar-refractivity contribution in [1.82, 2.24) is 5.32 Å². The van der Waals surface area contributed by atoms with Gasteiger partial charge in [-0.3, -0.25) is 0 Å². The van der Waals surface area contributed by atoms with Crippen molar-refractivity contribution in [2.75, 3.05) is 7.11 Å². The Kier molecular flexibility index (Phi) is 8.75. The van der Waals surface area contributed by atoms with Gasteiger partial charge in [0.2, 0.25) is 0 Å². The summed E-state index contributed by atoms with van der Waals surface area (Å²) in [6.07, 6.45) is 1.14. The van der Waals surface area contributed by atoms with Crippen LogP contribution in [0.2, 0.25) is 0 Å². The van der Waals surface area contributed by atoms with Crippen molar-refractivity contribution < 1.29 is 75.9 Å². The number of rotatable bonds is 5. The van der Waals surface area contributed by atoms with Crippen molar-refractivity contribution in [3.8, 4) is 5.75 Å². The van der Waals surface area contributed by atoms with Crippen molar-refractivity contribution in [3.63, 3.8) is 0 Å². The number of aliphatic carboxylic acids is 1. The fraction of sp³-hybridized carbons (Fsp3) is 0.231. The number of phenols is 1. The normalized spacial score (nSPS) is 12.0. The molecule has 0 aliphatic carbocycles. The molecular weight excluding hydrogens is 289 g/mol. The SMILES string of the molecule is COC(=O)C=C(C)NC(C(=O)[O-])c1ccc(O)cc1.[K+]. The number of hydrogen-bond acceptors (Lipinski definition) is 6. The molecular formula is C13H14KNO5. The van der Waals surface area contributed by atoms with Crippen LogP contribution in [0, 0.1) is 0 Å². The van der Waals surface area contributed by atoms with Gasteiger partial charge in [-0.15, -0.1) is 0 Å². The second-order valence-corrected chi connectivity index (χ2v) is 3.84. The number of hydrogen-bond donors (Lipinski definition) is 2. The van der Waals surface area contributed by atoms with E-state index in [-0.39, 0.29) is 57.1 Å². The summed E-state index contributed by atoms with van der Waals surface area (Å²) in [5.74, 6) is -1.90. The molecule has 0 fully saturated rings. The van der Waals surface area contributed by atoms with Gasteiger partial charge in [0, 0.05) is 11.8 Å². The molecule has 1 rings (SSSR count). The van der Waals surface area contributed by atoms with Crippen LogP contribution in [0.4, 0.5) is 0 Å². The van der Waals surface area contributed by atoms with E-state index in [1.807, 2.05) is 0 Å². The maximum atomic E-state index is 11.1. The third kappa shape index (κ3) is 6.06. The van der Waals surface area contributed by atoms with Gasteiger partial charge in [-0.2, -0.15) is 0 Å². The molecule has 6 nitrogen and oxygen atoms in total. The summed E-state index contributed by atoms with van der Waals surface area (Å²) in [6, 6.07) is 4.52. The first kappa shape index (κ1) is 19.1. The van der Waals surface area contributed by atoms with E-state index in [4.69, 9.17) is 5.11 Å². The van der Waals surface area contributed by atoms with Crippen molar-refractivity contribution in [3.05, 3.63) is 41.6 Å². The number of esters is 1. The van der Waals surface area contributed by atoms with Crippen LogP contribution in [0.15, 0.2) is 36.0 Å². The minimum absolute atomic E-state index is 0. The second-order valence-electron chi connectivity index (χ2n) is 3.84. The molecule has 0 bridgehead atoms. The van der Waals surface area contributed by atoms with Gasteiger partial charge >= 0.3 is 57.4 Å². The average Bonchev–Trinajstić information content (AvgIpc) is 2.36. The smallest absolute Gasteiger partial charge is 0.548 e. The summed E-state index contributed by atoms with van der Waals surface area (Å²) >= 11 is 0. The summed E-state index contributed by atoms with van der Waals surface area (Å²) in [7, 11) is 1.22. The molecule has 1 unspecified atom stereocenters. The fourth-order valence-electron chi connectivity index (χ4n) is 1.45. The maximum Gasteiger partial charge on any atom is 1.00 e. The van der Waals surface area contributed by atoms with Crippen LogP contribution in [0.1, 0.15) is 18.5 Å². The van der Waals surface area contributed by atoms with E-state index in [1.54, 1.807) is 0 Å². The third-order valence-electron chi connectivity index (χ3n) is 2.37. The van der Waals surface area contributed by atoms with Crippen LogP contribution in [-0.2, 0) is 14.3 Å². The number of allylic oxidation sites excluding steroid dienone is 1. The fourth-order valence-corrected chi connectivity index (χ4v) is 1.45. The quantitative estimate of drug-likeness (QED) is 0.339. The summed E-state index contributed by atoms with van der Waals surface area (Å²) in [5, 5.41) is 22.9. The van der Waals surface area contributed by atoms with Crippen LogP contribution in [0.25, 0.3) is 0 Å². The molecule has 0 saturated heterocycles. The first-order valence-electron chi connectivity index (χ1n) is 5.46.